The molecule has 0 aromatic heterocycles. The van der Waals surface area contributed by atoms with Gasteiger partial charge in [-0.2, -0.15) is 0 Å². The fourth-order valence-corrected chi connectivity index (χ4v) is 4.23. The van der Waals surface area contributed by atoms with Crippen LogP contribution >= 0.6 is 11.8 Å². The maximum atomic E-state index is 12.5. The summed E-state index contributed by atoms with van der Waals surface area (Å²) in [6.45, 7) is 9.91. The minimum Gasteiger partial charge on any atom is -0.465 e. The number of ether oxygens (including phenoxy) is 3. The second-order valence-corrected chi connectivity index (χ2v) is 9.30. The number of carbonyl (C=O) groups is 3. The number of carbonyl (C=O) groups excluding carboxylic acids is 3. The molecule has 1 aliphatic heterocycles. The van der Waals surface area contributed by atoms with Gasteiger partial charge in [-0.3, -0.25) is 0 Å². The number of esters is 1. The smallest absolute Gasteiger partial charge is 0.410 e. The number of hydrogen-bond acceptors (Lipinski definition) is 8. The summed E-state index contributed by atoms with van der Waals surface area (Å²) in [5.41, 5.74) is 0.585. The molecule has 1 aliphatic rings. The number of nitrogens with zero attached hydrogens (tertiary/aromatic N) is 1. The Balaban J connectivity index is 2.05. The Hall–Kier alpha value is -2.68. The average molecular weight is 451 g/mol. The summed E-state index contributed by atoms with van der Waals surface area (Å²) >= 11 is 1.09. The van der Waals surface area contributed by atoms with Crippen molar-refractivity contribution in [3.63, 3.8) is 0 Å². The van der Waals surface area contributed by atoms with Gasteiger partial charge in [0, 0.05) is 24.0 Å². The minimum atomic E-state index is -0.573. The number of likely N-dealkylation sites (tertiary alicyclic amines) is 1. The van der Waals surface area contributed by atoms with Crippen molar-refractivity contribution in [3.8, 4) is 0 Å². The second kappa shape index (κ2) is 11.1. The van der Waals surface area contributed by atoms with Gasteiger partial charge in [-0.25, -0.2) is 14.4 Å². The monoisotopic (exact) mass is 450 g/mol. The molecule has 1 unspecified atom stereocenters. The summed E-state index contributed by atoms with van der Waals surface area (Å²) in [6.07, 6.45) is 1.64. The van der Waals surface area contributed by atoms with Crippen molar-refractivity contribution in [1.29, 1.82) is 0 Å². The van der Waals surface area contributed by atoms with Gasteiger partial charge in [0.25, 0.3) is 0 Å². The van der Waals surface area contributed by atoms with Crippen LogP contribution in [0.15, 0.2) is 36.9 Å². The van der Waals surface area contributed by atoms with E-state index in [0.29, 0.717) is 25.1 Å². The Morgan fingerprint density at radius 1 is 1.32 bits per heavy atom. The van der Waals surface area contributed by atoms with E-state index >= 15 is 0 Å². The van der Waals surface area contributed by atoms with Crippen molar-refractivity contribution in [1.82, 2.24) is 4.90 Å². The van der Waals surface area contributed by atoms with Crippen LogP contribution in [0.2, 0.25) is 0 Å². The molecule has 0 aliphatic carbocycles. The van der Waals surface area contributed by atoms with Crippen LogP contribution < -0.4 is 5.32 Å². The van der Waals surface area contributed by atoms with Gasteiger partial charge in [0.15, 0.2) is 0 Å². The van der Waals surface area contributed by atoms with Gasteiger partial charge in [-0.15, -0.1) is 0 Å². The number of benzene rings is 1. The van der Waals surface area contributed by atoms with Gasteiger partial charge in [-0.05, 0) is 57.2 Å². The van der Waals surface area contributed by atoms with Crippen LogP contribution in [0, 0.1) is 0 Å². The van der Waals surface area contributed by atoms with E-state index in [1.54, 1.807) is 23.1 Å². The van der Waals surface area contributed by atoms with Gasteiger partial charge in [-0.1, -0.05) is 18.7 Å². The van der Waals surface area contributed by atoms with E-state index in [1.165, 1.54) is 13.2 Å². The van der Waals surface area contributed by atoms with Gasteiger partial charge >= 0.3 is 17.4 Å². The zero-order valence-electron chi connectivity index (χ0n) is 18.4. The lowest BCUT2D eigenvalue weighted by atomic mass is 10.2. The number of anilines is 1. The summed E-state index contributed by atoms with van der Waals surface area (Å²) in [7, 11) is 1.33. The molecule has 1 amide bonds. The molecule has 0 spiro atoms. The molecule has 170 valence electrons. The van der Waals surface area contributed by atoms with E-state index in [-0.39, 0.29) is 23.2 Å². The van der Waals surface area contributed by atoms with E-state index in [2.05, 4.69) is 11.9 Å². The van der Waals surface area contributed by atoms with Crippen LogP contribution in [0.5, 0.6) is 0 Å². The van der Waals surface area contributed by atoms with Crippen molar-refractivity contribution < 1.29 is 28.6 Å². The van der Waals surface area contributed by atoms with E-state index in [4.69, 9.17) is 14.2 Å². The summed E-state index contributed by atoms with van der Waals surface area (Å²) in [5, 5.41) is 2.78. The predicted octanol–water partition coefficient (Wildman–Crippen LogP) is 4.32. The fraction of sp³-hybridized carbons (Fsp3) is 0.500. The molecular weight excluding hydrogens is 420 g/mol. The zero-order valence-corrected chi connectivity index (χ0v) is 19.2. The molecule has 1 aromatic rings. The lowest BCUT2D eigenvalue weighted by Gasteiger charge is -2.24. The van der Waals surface area contributed by atoms with E-state index < -0.39 is 17.7 Å². The number of amides is 1. The zero-order chi connectivity index (χ0) is 23.0. The Labute approximate surface area is 187 Å². The molecule has 1 heterocycles. The van der Waals surface area contributed by atoms with Crippen molar-refractivity contribution in [2.75, 3.05) is 32.1 Å². The van der Waals surface area contributed by atoms with Crippen molar-refractivity contribution in [2.45, 2.75) is 44.1 Å². The standard InChI is InChI=1S/C22H30N2O6S/c1-6-10-29-20(26)24-14-18(31-21(27)30-22(2,3)4)12-17(24)13-23-16-9-7-8-15(11-16)19(25)28-5/h6-9,11,17-18,23H,1,10,12-14H2,2-5H3/t17-,18?/m0/s1. The molecule has 2 rings (SSSR count). The summed E-state index contributed by atoms with van der Waals surface area (Å²) in [5.74, 6) is -0.423. The molecule has 1 saturated heterocycles. The van der Waals surface area contributed by atoms with Crippen molar-refractivity contribution in [2.24, 2.45) is 0 Å². The molecule has 1 N–H and O–H groups in total. The first-order valence-corrected chi connectivity index (χ1v) is 10.9. The Morgan fingerprint density at radius 2 is 2.06 bits per heavy atom. The quantitative estimate of drug-likeness (QED) is 0.373. The highest BCUT2D eigenvalue weighted by molar-refractivity contribution is 8.13. The van der Waals surface area contributed by atoms with Crippen molar-refractivity contribution >= 4 is 34.8 Å². The minimum absolute atomic E-state index is 0.112. The van der Waals surface area contributed by atoms with E-state index in [0.717, 1.165) is 17.4 Å². The first-order chi connectivity index (χ1) is 14.6. The average Bonchev–Trinajstić information content (AvgIpc) is 3.11. The molecule has 1 fully saturated rings. The number of methoxy groups -OCH3 is 1. The Bertz CT molecular complexity index is 807. The van der Waals surface area contributed by atoms with Crippen LogP contribution in [0.3, 0.4) is 0 Å². The largest absolute Gasteiger partial charge is 0.465 e. The van der Waals surface area contributed by atoms with E-state index in [1.807, 2.05) is 26.8 Å². The third-order valence-electron chi connectivity index (χ3n) is 4.41. The van der Waals surface area contributed by atoms with Crippen LogP contribution in [0.1, 0.15) is 37.6 Å². The maximum Gasteiger partial charge on any atom is 0.410 e. The molecule has 9 heteroatoms. The van der Waals surface area contributed by atoms with Crippen LogP contribution in [0.25, 0.3) is 0 Å². The normalized spacial score (nSPS) is 18.3. The molecule has 2 atom stereocenters. The summed E-state index contributed by atoms with van der Waals surface area (Å²) < 4.78 is 15.3. The number of hydrogen-bond donors (Lipinski definition) is 1. The molecule has 0 bridgehead atoms. The van der Waals surface area contributed by atoms with Gasteiger partial charge in [0.1, 0.15) is 12.2 Å². The SMILES string of the molecule is C=CCOC(=O)N1CC(SC(=O)OC(C)(C)C)C[C@H]1CNc1cccc(C(=O)OC)c1. The molecular formula is C22H30N2O6S. The van der Waals surface area contributed by atoms with Crippen molar-refractivity contribution in [3.05, 3.63) is 42.5 Å². The Kier molecular flexibility index (Phi) is 8.79. The first-order valence-electron chi connectivity index (χ1n) is 9.99. The molecule has 0 saturated carbocycles. The van der Waals surface area contributed by atoms with Gasteiger partial charge < -0.3 is 24.4 Å². The Morgan fingerprint density at radius 3 is 2.71 bits per heavy atom. The van der Waals surface area contributed by atoms with Crippen LogP contribution in [-0.4, -0.2) is 66.0 Å². The highest BCUT2D eigenvalue weighted by Crippen LogP contribution is 2.31. The summed E-state index contributed by atoms with van der Waals surface area (Å²) in [4.78, 5) is 38.1. The molecule has 8 nitrogen and oxygen atoms in total. The van der Waals surface area contributed by atoms with E-state index in [9.17, 15) is 14.4 Å². The van der Waals surface area contributed by atoms with Crippen LogP contribution in [0.4, 0.5) is 15.3 Å². The van der Waals surface area contributed by atoms with Gasteiger partial charge in [0.2, 0.25) is 0 Å². The molecule has 0 radical (unpaired) electrons. The predicted molar refractivity (Wildman–Crippen MR) is 121 cm³/mol. The number of thioether (sulfide) groups is 1. The molecule has 1 aromatic carbocycles. The third kappa shape index (κ3) is 7.82. The highest BCUT2D eigenvalue weighted by Gasteiger charge is 2.38. The number of rotatable bonds is 7. The highest BCUT2D eigenvalue weighted by atomic mass is 32.2. The fourth-order valence-electron chi connectivity index (χ4n) is 3.11. The number of nitrogens with one attached hydrogen (secondary N) is 1. The topological polar surface area (TPSA) is 94.2 Å². The molecule has 31 heavy (non-hydrogen) atoms. The lowest BCUT2D eigenvalue weighted by molar-refractivity contribution is 0.0600. The van der Waals surface area contributed by atoms with Gasteiger partial charge in [0.05, 0.1) is 18.7 Å². The second-order valence-electron chi connectivity index (χ2n) is 8.07. The third-order valence-corrected chi connectivity index (χ3v) is 5.36. The first kappa shape index (κ1) is 24.6. The summed E-state index contributed by atoms with van der Waals surface area (Å²) in [6, 6.07) is 6.74. The lowest BCUT2D eigenvalue weighted by Crippen LogP contribution is -2.40. The maximum absolute atomic E-state index is 12.5. The van der Waals surface area contributed by atoms with Crippen LogP contribution in [-0.2, 0) is 14.2 Å².